The van der Waals surface area contributed by atoms with Gasteiger partial charge in [0.05, 0.1) is 10.7 Å². The Morgan fingerprint density at radius 3 is 2.58 bits per heavy atom. The summed E-state index contributed by atoms with van der Waals surface area (Å²) >= 11 is 3.92. The molecule has 0 aliphatic carbocycles. The van der Waals surface area contributed by atoms with Gasteiger partial charge in [-0.1, -0.05) is 0 Å². The zero-order valence-electron chi connectivity index (χ0n) is 7.26. The smallest absolute Gasteiger partial charge is 0.0900 e. The molecule has 1 aromatic heterocycles. The molecule has 1 aliphatic rings. The summed E-state index contributed by atoms with van der Waals surface area (Å²) in [4.78, 5) is 5.90. The van der Waals surface area contributed by atoms with Gasteiger partial charge >= 0.3 is 0 Å². The summed E-state index contributed by atoms with van der Waals surface area (Å²) in [7, 11) is 0. The SMILES string of the molecule is Cc1nc(C)c(CC2CS2)s1.S. The lowest BCUT2D eigenvalue weighted by molar-refractivity contribution is 1.02. The van der Waals surface area contributed by atoms with E-state index in [2.05, 4.69) is 30.6 Å². The molecule has 1 atom stereocenters. The van der Waals surface area contributed by atoms with Gasteiger partial charge in [-0.15, -0.1) is 11.3 Å². The number of aromatic nitrogens is 1. The molecule has 68 valence electrons. The van der Waals surface area contributed by atoms with E-state index in [1.807, 2.05) is 11.3 Å². The van der Waals surface area contributed by atoms with Crippen LogP contribution in [0.3, 0.4) is 0 Å². The van der Waals surface area contributed by atoms with E-state index in [1.165, 1.54) is 27.8 Å². The minimum absolute atomic E-state index is 0. The summed E-state index contributed by atoms with van der Waals surface area (Å²) in [5.41, 5.74) is 1.25. The highest BCUT2D eigenvalue weighted by molar-refractivity contribution is 8.06. The van der Waals surface area contributed by atoms with Crippen LogP contribution in [0.4, 0.5) is 0 Å². The third kappa shape index (κ3) is 2.41. The monoisotopic (exact) mass is 219 g/mol. The maximum Gasteiger partial charge on any atom is 0.0900 e. The summed E-state index contributed by atoms with van der Waals surface area (Å²) in [5.74, 6) is 1.36. The fourth-order valence-electron chi connectivity index (χ4n) is 1.16. The van der Waals surface area contributed by atoms with Crippen LogP contribution in [0.1, 0.15) is 15.6 Å². The molecule has 4 heteroatoms. The van der Waals surface area contributed by atoms with Crippen LogP contribution in [-0.4, -0.2) is 16.0 Å². The quantitative estimate of drug-likeness (QED) is 0.709. The molecule has 0 spiro atoms. The van der Waals surface area contributed by atoms with Gasteiger partial charge in [0.15, 0.2) is 0 Å². The number of nitrogens with zero attached hydrogens (tertiary/aromatic N) is 1. The molecule has 2 heterocycles. The Hall–Kier alpha value is 0.330. The van der Waals surface area contributed by atoms with Crippen LogP contribution in [0.15, 0.2) is 0 Å². The van der Waals surface area contributed by atoms with Crippen LogP contribution in [-0.2, 0) is 6.42 Å². The van der Waals surface area contributed by atoms with Gasteiger partial charge in [-0.3, -0.25) is 0 Å². The number of thioether (sulfide) groups is 1. The summed E-state index contributed by atoms with van der Waals surface area (Å²) in [6.45, 7) is 4.20. The van der Waals surface area contributed by atoms with Crippen LogP contribution in [0.2, 0.25) is 0 Å². The Balaban J connectivity index is 0.000000720. The van der Waals surface area contributed by atoms with Crippen molar-refractivity contribution in [3.63, 3.8) is 0 Å². The average Bonchev–Trinajstić information content (AvgIpc) is 2.64. The molecule has 1 aliphatic heterocycles. The Bertz CT molecular complexity index is 265. The van der Waals surface area contributed by atoms with Gasteiger partial charge in [0, 0.05) is 15.9 Å². The van der Waals surface area contributed by atoms with E-state index in [9.17, 15) is 0 Å². The molecule has 12 heavy (non-hydrogen) atoms. The molecular formula is C8H13NS3. The number of rotatable bonds is 2. The highest BCUT2D eigenvalue weighted by Gasteiger charge is 2.24. The predicted molar refractivity (Wildman–Crippen MR) is 61.9 cm³/mol. The Morgan fingerprint density at radius 2 is 2.17 bits per heavy atom. The maximum absolute atomic E-state index is 4.40. The lowest BCUT2D eigenvalue weighted by Gasteiger charge is -1.91. The van der Waals surface area contributed by atoms with Crippen LogP contribution in [0.5, 0.6) is 0 Å². The number of thiazole rings is 1. The van der Waals surface area contributed by atoms with E-state index in [-0.39, 0.29) is 13.5 Å². The second-order valence-corrected chi connectivity index (χ2v) is 5.52. The third-order valence-electron chi connectivity index (χ3n) is 1.82. The van der Waals surface area contributed by atoms with Crippen LogP contribution in [0, 0.1) is 13.8 Å². The van der Waals surface area contributed by atoms with Gasteiger partial charge in [-0.05, 0) is 20.3 Å². The van der Waals surface area contributed by atoms with E-state index in [4.69, 9.17) is 0 Å². The molecule has 0 radical (unpaired) electrons. The van der Waals surface area contributed by atoms with Crippen LogP contribution in [0.25, 0.3) is 0 Å². The van der Waals surface area contributed by atoms with E-state index in [0.29, 0.717) is 0 Å². The van der Waals surface area contributed by atoms with Gasteiger partial charge in [0.1, 0.15) is 0 Å². The molecule has 0 amide bonds. The number of hydrogen-bond donors (Lipinski definition) is 0. The van der Waals surface area contributed by atoms with Crippen molar-refractivity contribution in [1.29, 1.82) is 0 Å². The Morgan fingerprint density at radius 1 is 1.50 bits per heavy atom. The lowest BCUT2D eigenvalue weighted by atomic mass is 10.2. The highest BCUT2D eigenvalue weighted by atomic mass is 32.2. The van der Waals surface area contributed by atoms with Crippen molar-refractivity contribution < 1.29 is 0 Å². The van der Waals surface area contributed by atoms with Crippen molar-refractivity contribution in [3.8, 4) is 0 Å². The summed E-state index contributed by atoms with van der Waals surface area (Å²) in [6.07, 6.45) is 1.25. The maximum atomic E-state index is 4.40. The second-order valence-electron chi connectivity index (χ2n) is 2.90. The first-order valence-corrected chi connectivity index (χ1v) is 5.67. The largest absolute Gasteiger partial charge is 0.247 e. The van der Waals surface area contributed by atoms with Crippen molar-refractivity contribution in [2.75, 3.05) is 5.75 Å². The third-order valence-corrected chi connectivity index (χ3v) is 3.88. The molecule has 0 saturated carbocycles. The van der Waals surface area contributed by atoms with Gasteiger partial charge in [-0.2, -0.15) is 25.3 Å². The predicted octanol–water partition coefficient (Wildman–Crippen LogP) is 2.53. The zero-order chi connectivity index (χ0) is 7.84. The highest BCUT2D eigenvalue weighted by Crippen LogP contribution is 2.35. The van der Waals surface area contributed by atoms with Crippen molar-refractivity contribution in [2.24, 2.45) is 0 Å². The minimum atomic E-state index is 0. The van der Waals surface area contributed by atoms with Gasteiger partial charge in [0.2, 0.25) is 0 Å². The van der Waals surface area contributed by atoms with Crippen molar-refractivity contribution >= 4 is 36.6 Å². The molecule has 0 aromatic carbocycles. The van der Waals surface area contributed by atoms with Crippen LogP contribution < -0.4 is 0 Å². The average molecular weight is 219 g/mol. The fraction of sp³-hybridized carbons (Fsp3) is 0.625. The molecule has 1 saturated heterocycles. The normalized spacial score (nSPS) is 20.3. The topological polar surface area (TPSA) is 12.9 Å². The molecule has 0 N–H and O–H groups in total. The first kappa shape index (κ1) is 10.4. The van der Waals surface area contributed by atoms with Crippen molar-refractivity contribution in [3.05, 3.63) is 15.6 Å². The fourth-order valence-corrected chi connectivity index (χ4v) is 2.82. The van der Waals surface area contributed by atoms with Gasteiger partial charge in [0.25, 0.3) is 0 Å². The number of aryl methyl sites for hydroxylation is 2. The lowest BCUT2D eigenvalue weighted by Crippen LogP contribution is -1.90. The number of hydrogen-bond acceptors (Lipinski definition) is 3. The van der Waals surface area contributed by atoms with E-state index in [0.717, 1.165) is 5.25 Å². The molecule has 1 unspecified atom stereocenters. The minimum Gasteiger partial charge on any atom is -0.247 e. The molecular weight excluding hydrogens is 206 g/mol. The standard InChI is InChI=1S/C8H11NS2.H2S/c1-5-8(3-7-4-10-7)11-6(2)9-5;/h7H,3-4H2,1-2H3;1H2. The Kier molecular flexibility index (Phi) is 3.49. The van der Waals surface area contributed by atoms with Crippen molar-refractivity contribution in [2.45, 2.75) is 25.5 Å². The first-order chi connectivity index (χ1) is 5.25. The molecule has 2 rings (SSSR count). The first-order valence-electron chi connectivity index (χ1n) is 3.80. The molecule has 1 nitrogen and oxygen atoms in total. The molecule has 0 bridgehead atoms. The zero-order valence-corrected chi connectivity index (χ0v) is 9.89. The van der Waals surface area contributed by atoms with E-state index < -0.39 is 0 Å². The summed E-state index contributed by atoms with van der Waals surface area (Å²) in [5, 5.41) is 2.12. The molecule has 1 fully saturated rings. The van der Waals surface area contributed by atoms with E-state index in [1.54, 1.807) is 0 Å². The molecule has 1 aromatic rings. The van der Waals surface area contributed by atoms with E-state index >= 15 is 0 Å². The van der Waals surface area contributed by atoms with Crippen LogP contribution >= 0.6 is 36.6 Å². The second kappa shape index (κ2) is 4.03. The Labute approximate surface area is 88.4 Å². The summed E-state index contributed by atoms with van der Waals surface area (Å²) < 4.78 is 0. The van der Waals surface area contributed by atoms with Gasteiger partial charge < -0.3 is 0 Å². The van der Waals surface area contributed by atoms with Gasteiger partial charge in [-0.25, -0.2) is 4.98 Å². The van der Waals surface area contributed by atoms with Crippen molar-refractivity contribution in [1.82, 2.24) is 4.98 Å². The summed E-state index contributed by atoms with van der Waals surface area (Å²) in [6, 6.07) is 0.